The number of imidazole rings is 1. The van der Waals surface area contributed by atoms with Crippen LogP contribution in [0, 0.1) is 6.92 Å². The summed E-state index contributed by atoms with van der Waals surface area (Å²) in [6.45, 7) is 5.84. The number of hydrogen-bond acceptors (Lipinski definition) is 4. The van der Waals surface area contributed by atoms with Crippen LogP contribution >= 0.6 is 15.9 Å². The summed E-state index contributed by atoms with van der Waals surface area (Å²) >= 11 is 3.41. The Bertz CT molecular complexity index is 1040. The lowest BCUT2D eigenvalue weighted by atomic mass is 10.1. The lowest BCUT2D eigenvalue weighted by Gasteiger charge is -2.14. The molecule has 29 heavy (non-hydrogen) atoms. The second-order valence-electron chi connectivity index (χ2n) is 7.00. The van der Waals surface area contributed by atoms with Crippen molar-refractivity contribution in [2.24, 2.45) is 0 Å². The summed E-state index contributed by atoms with van der Waals surface area (Å²) < 4.78 is 27.3. The van der Waals surface area contributed by atoms with E-state index in [0.717, 1.165) is 16.6 Å². The third-order valence-electron chi connectivity index (χ3n) is 4.47. The molecule has 0 aliphatic rings. The number of alkyl halides is 2. The predicted octanol–water partition coefficient (Wildman–Crippen LogP) is 5.21. The number of fused-ring (bicyclic) bond motifs is 1. The first-order chi connectivity index (χ1) is 13.8. The van der Waals surface area contributed by atoms with Gasteiger partial charge in [-0.1, -0.05) is 6.07 Å². The van der Waals surface area contributed by atoms with Crippen LogP contribution in [-0.2, 0) is 0 Å². The van der Waals surface area contributed by atoms with Crippen molar-refractivity contribution in [1.82, 2.24) is 19.9 Å². The largest absolute Gasteiger partial charge is 0.352 e. The summed E-state index contributed by atoms with van der Waals surface area (Å²) in [5.41, 5.74) is 3.49. The molecule has 0 aliphatic carbocycles. The Morgan fingerprint density at radius 2 is 2.03 bits per heavy atom. The first-order valence-corrected chi connectivity index (χ1v) is 10.0. The Kier molecular flexibility index (Phi) is 6.46. The van der Waals surface area contributed by atoms with Gasteiger partial charge in [-0.05, 0) is 60.5 Å². The minimum Gasteiger partial charge on any atom is -0.352 e. The fourth-order valence-electron chi connectivity index (χ4n) is 2.98. The zero-order valence-electron chi connectivity index (χ0n) is 16.3. The van der Waals surface area contributed by atoms with Gasteiger partial charge in [0.15, 0.2) is 5.82 Å². The molecule has 0 bridgehead atoms. The molecular weight excluding hydrogens is 444 g/mol. The lowest BCUT2D eigenvalue weighted by molar-refractivity contribution is 0.0933. The Morgan fingerprint density at radius 1 is 1.28 bits per heavy atom. The summed E-state index contributed by atoms with van der Waals surface area (Å²) in [5.74, 6) is 0.222. The second kappa shape index (κ2) is 8.86. The van der Waals surface area contributed by atoms with Crippen LogP contribution in [-0.4, -0.2) is 33.4 Å². The van der Waals surface area contributed by atoms with E-state index in [0.29, 0.717) is 21.7 Å². The molecule has 0 fully saturated rings. The van der Waals surface area contributed by atoms with E-state index in [1.165, 1.54) is 0 Å². The van der Waals surface area contributed by atoms with E-state index in [2.05, 4.69) is 50.4 Å². The van der Waals surface area contributed by atoms with Crippen LogP contribution in [0.3, 0.4) is 0 Å². The summed E-state index contributed by atoms with van der Waals surface area (Å²) in [6, 6.07) is 7.38. The number of aromatic nitrogens is 3. The van der Waals surface area contributed by atoms with Crippen molar-refractivity contribution in [3.8, 4) is 0 Å². The normalized spacial score (nSPS) is 11.4. The van der Waals surface area contributed by atoms with Crippen LogP contribution in [0.5, 0.6) is 0 Å². The van der Waals surface area contributed by atoms with E-state index in [4.69, 9.17) is 0 Å². The van der Waals surface area contributed by atoms with Crippen molar-refractivity contribution < 1.29 is 13.6 Å². The fraction of sp³-hybridized carbons (Fsp3) is 0.350. The molecule has 3 rings (SSSR count). The standard InChI is InChI=1S/C20H22BrF2N5O/c1-11(2)28-10-25-15-9-16(21)27-19(18(15)28)26-13-5-4-12(3)14(8-13)20(29)24-7-6-17(22)23/h4-5,8-11,17H,6-7H2,1-3H3,(H,24,29)(H,26,27). The van der Waals surface area contributed by atoms with E-state index in [9.17, 15) is 13.6 Å². The maximum absolute atomic E-state index is 12.4. The third kappa shape index (κ3) is 4.90. The highest BCUT2D eigenvalue weighted by molar-refractivity contribution is 9.10. The smallest absolute Gasteiger partial charge is 0.251 e. The average molecular weight is 466 g/mol. The number of nitrogens with one attached hydrogen (secondary N) is 2. The van der Waals surface area contributed by atoms with Gasteiger partial charge in [-0.25, -0.2) is 18.7 Å². The van der Waals surface area contributed by atoms with Gasteiger partial charge in [0.25, 0.3) is 5.91 Å². The second-order valence-corrected chi connectivity index (χ2v) is 7.81. The van der Waals surface area contributed by atoms with E-state index >= 15 is 0 Å². The molecule has 2 aromatic heterocycles. The summed E-state index contributed by atoms with van der Waals surface area (Å²) in [7, 11) is 0. The SMILES string of the molecule is Cc1ccc(Nc2nc(Br)cc3ncn(C(C)C)c23)cc1C(=O)NCCC(F)F. The Hall–Kier alpha value is -2.55. The molecule has 0 atom stereocenters. The number of carbonyl (C=O) groups is 1. The van der Waals surface area contributed by atoms with Crippen LogP contribution in [0.1, 0.15) is 42.2 Å². The summed E-state index contributed by atoms with van der Waals surface area (Å²) in [4.78, 5) is 21.4. The molecule has 154 valence electrons. The van der Waals surface area contributed by atoms with Crippen LogP contribution < -0.4 is 10.6 Å². The Morgan fingerprint density at radius 3 is 2.72 bits per heavy atom. The molecule has 0 radical (unpaired) electrons. The first kappa shape index (κ1) is 21.2. The molecule has 1 aromatic carbocycles. The molecular formula is C20H22BrF2N5O. The van der Waals surface area contributed by atoms with E-state index < -0.39 is 6.43 Å². The number of hydrogen-bond donors (Lipinski definition) is 2. The molecule has 9 heteroatoms. The predicted molar refractivity (Wildman–Crippen MR) is 113 cm³/mol. The van der Waals surface area contributed by atoms with Crippen molar-refractivity contribution in [2.45, 2.75) is 39.7 Å². The van der Waals surface area contributed by atoms with Gasteiger partial charge < -0.3 is 15.2 Å². The maximum Gasteiger partial charge on any atom is 0.251 e. The van der Waals surface area contributed by atoms with Crippen molar-refractivity contribution in [1.29, 1.82) is 0 Å². The fourth-order valence-corrected chi connectivity index (χ4v) is 3.37. The minimum absolute atomic E-state index is 0.0744. The van der Waals surface area contributed by atoms with Crippen molar-refractivity contribution in [2.75, 3.05) is 11.9 Å². The lowest BCUT2D eigenvalue weighted by Crippen LogP contribution is -2.26. The van der Waals surface area contributed by atoms with Crippen LogP contribution in [0.15, 0.2) is 35.2 Å². The molecule has 6 nitrogen and oxygen atoms in total. The minimum atomic E-state index is -2.44. The van der Waals surface area contributed by atoms with Gasteiger partial charge in [-0.2, -0.15) is 0 Å². The number of aryl methyl sites for hydroxylation is 1. The highest BCUT2D eigenvalue weighted by Crippen LogP contribution is 2.29. The molecule has 0 spiro atoms. The monoisotopic (exact) mass is 465 g/mol. The maximum atomic E-state index is 12.4. The van der Waals surface area contributed by atoms with Gasteiger partial charge in [0.05, 0.1) is 11.8 Å². The van der Waals surface area contributed by atoms with Gasteiger partial charge in [0, 0.05) is 30.3 Å². The average Bonchev–Trinajstić information content (AvgIpc) is 3.07. The van der Waals surface area contributed by atoms with E-state index in [1.807, 2.05) is 16.7 Å². The third-order valence-corrected chi connectivity index (χ3v) is 4.88. The molecule has 2 heterocycles. The van der Waals surface area contributed by atoms with Crippen molar-refractivity contribution in [3.63, 3.8) is 0 Å². The number of nitrogens with zero attached hydrogens (tertiary/aromatic N) is 3. The van der Waals surface area contributed by atoms with Gasteiger partial charge in [-0.3, -0.25) is 4.79 Å². The van der Waals surface area contributed by atoms with Gasteiger partial charge in [0.2, 0.25) is 6.43 Å². The zero-order chi connectivity index (χ0) is 21.1. The summed E-state index contributed by atoms with van der Waals surface area (Å²) in [6.07, 6.45) is -1.05. The van der Waals surface area contributed by atoms with E-state index in [-0.39, 0.29) is 24.9 Å². The molecule has 0 aliphatic heterocycles. The highest BCUT2D eigenvalue weighted by atomic mass is 79.9. The molecule has 0 saturated heterocycles. The van der Waals surface area contributed by atoms with Crippen molar-refractivity contribution >= 4 is 44.4 Å². The molecule has 1 amide bonds. The number of pyridine rings is 1. The number of benzene rings is 1. The molecule has 2 N–H and O–H groups in total. The first-order valence-electron chi connectivity index (χ1n) is 9.23. The van der Waals surface area contributed by atoms with Gasteiger partial charge in [-0.15, -0.1) is 0 Å². The molecule has 3 aromatic rings. The number of rotatable bonds is 7. The van der Waals surface area contributed by atoms with Crippen molar-refractivity contribution in [3.05, 3.63) is 46.3 Å². The Labute approximate surface area is 175 Å². The Balaban J connectivity index is 1.91. The molecule has 0 unspecified atom stereocenters. The van der Waals surface area contributed by atoms with Gasteiger partial charge in [0.1, 0.15) is 10.1 Å². The van der Waals surface area contributed by atoms with Gasteiger partial charge >= 0.3 is 0 Å². The summed E-state index contributed by atoms with van der Waals surface area (Å²) in [5, 5.41) is 5.80. The number of anilines is 2. The quantitative estimate of drug-likeness (QED) is 0.469. The zero-order valence-corrected chi connectivity index (χ0v) is 17.9. The highest BCUT2D eigenvalue weighted by Gasteiger charge is 2.15. The van der Waals surface area contributed by atoms with E-state index in [1.54, 1.807) is 25.4 Å². The van der Waals surface area contributed by atoms with Crippen LogP contribution in [0.2, 0.25) is 0 Å². The topological polar surface area (TPSA) is 71.8 Å². The number of halogens is 3. The number of amides is 1. The molecule has 0 saturated carbocycles. The van der Waals surface area contributed by atoms with Crippen LogP contribution in [0.4, 0.5) is 20.3 Å². The number of carbonyl (C=O) groups excluding carboxylic acids is 1. The van der Waals surface area contributed by atoms with Crippen LogP contribution in [0.25, 0.3) is 11.0 Å².